The van der Waals surface area contributed by atoms with E-state index in [4.69, 9.17) is 42.6 Å². The fraction of sp³-hybridized carbons (Fsp3) is 0.556. The number of fused-ring (bicyclic) bond motifs is 5. The number of cyclic esters (lactones) is 1. The van der Waals surface area contributed by atoms with E-state index >= 15 is 0 Å². The maximum atomic E-state index is 14.8. The summed E-state index contributed by atoms with van der Waals surface area (Å²) in [5, 5.41) is 13.8. The Kier molecular flexibility index (Phi) is 13.4. The summed E-state index contributed by atoms with van der Waals surface area (Å²) in [7, 11) is 1.34. The van der Waals surface area contributed by atoms with E-state index in [-0.39, 0.29) is 16.8 Å². The summed E-state index contributed by atoms with van der Waals surface area (Å²) >= 11 is 0. The second kappa shape index (κ2) is 18.1. The molecule has 4 aliphatic rings. The first-order chi connectivity index (χ1) is 30.9. The van der Waals surface area contributed by atoms with Crippen molar-refractivity contribution >= 4 is 47.8 Å². The summed E-state index contributed by atoms with van der Waals surface area (Å²) in [6, 6.07) is 5.03. The van der Waals surface area contributed by atoms with Crippen molar-refractivity contribution in [1.29, 1.82) is 0 Å². The van der Waals surface area contributed by atoms with Gasteiger partial charge in [0.2, 0.25) is 5.56 Å². The minimum absolute atomic E-state index is 0.0771. The molecule has 0 radical (unpaired) electrons. The lowest BCUT2D eigenvalue weighted by Crippen LogP contribution is -2.89. The Morgan fingerprint density at radius 3 is 2.09 bits per heavy atom. The van der Waals surface area contributed by atoms with Gasteiger partial charge in [-0.05, 0) is 39.0 Å². The molecule has 0 aromatic carbocycles. The first-order valence-corrected chi connectivity index (χ1v) is 21.0. The van der Waals surface area contributed by atoms with Crippen LogP contribution in [0.2, 0.25) is 0 Å². The molecule has 2 aliphatic carbocycles. The van der Waals surface area contributed by atoms with Gasteiger partial charge in [-0.15, -0.1) is 0 Å². The van der Waals surface area contributed by atoms with E-state index in [1.165, 1.54) is 52.2 Å². The fourth-order valence-corrected chi connectivity index (χ4v) is 10.1. The standard InChI is InChI=1S/C45H52N2O19/c1-11-13-30(53)63-38-34(64-40(55)27-15-16-29(52)47(10)18-27)36-43(9,57)45-35(61-25(6)50)31(33(60-24(5)49)37(62-26(7)51)44(38,45)20-58-23(4)48)42(8,66-45)19-59-41(56)28-14-12-17-46-32(28)21(2)22(3)39(54)65-36/h11-18,21-22,31,33-38,57H,19-20H2,1-10H3. The molecule has 2 aromatic rings. The smallest absolute Gasteiger partial charge is 0.340 e. The molecule has 356 valence electrons. The molecular formula is C45H52N2O19. The minimum Gasteiger partial charge on any atom is -0.465 e. The predicted octanol–water partition coefficient (Wildman–Crippen LogP) is 1.58. The van der Waals surface area contributed by atoms with Crippen LogP contribution in [0.3, 0.4) is 0 Å². The van der Waals surface area contributed by atoms with Crippen LogP contribution in [0, 0.1) is 17.3 Å². The van der Waals surface area contributed by atoms with Gasteiger partial charge in [0, 0.05) is 65.2 Å². The van der Waals surface area contributed by atoms with Crippen molar-refractivity contribution in [2.45, 2.75) is 122 Å². The highest BCUT2D eigenvalue weighted by atomic mass is 16.7. The van der Waals surface area contributed by atoms with Crippen LogP contribution in [0.5, 0.6) is 0 Å². The van der Waals surface area contributed by atoms with E-state index in [2.05, 4.69) is 4.98 Å². The van der Waals surface area contributed by atoms with Gasteiger partial charge in [-0.3, -0.25) is 33.8 Å². The van der Waals surface area contributed by atoms with E-state index in [1.54, 1.807) is 6.92 Å². The molecule has 0 amide bonds. The molecule has 1 spiro atoms. The number of aromatic nitrogens is 2. The molecule has 2 aromatic heterocycles. The van der Waals surface area contributed by atoms with Crippen LogP contribution in [0.25, 0.3) is 0 Å². The SMILES string of the molecule is CC=CC(=O)OC1C(OC(=O)c2ccc(=O)n(C)c2)C2OC(=O)C(C)C(C)c3ncccc3C(=O)OCC3(C)OC4(C(OC(C)=O)C3C(OC(C)=O)C(OC(C)=O)C14COC(C)=O)C2(C)O. The molecule has 2 aliphatic heterocycles. The minimum atomic E-state index is -2.95. The topological polar surface area (TPSA) is 275 Å². The number of hydrogen-bond acceptors (Lipinski definition) is 20. The lowest BCUT2D eigenvalue weighted by Gasteiger charge is -2.67. The molecule has 6 rings (SSSR count). The Hall–Kier alpha value is -6.48. The molecule has 4 bridgehead atoms. The summed E-state index contributed by atoms with van der Waals surface area (Å²) < 4.78 is 56.8. The third-order valence-electron chi connectivity index (χ3n) is 12.9. The summed E-state index contributed by atoms with van der Waals surface area (Å²) in [5.41, 5.74) is -11.5. The number of aryl methyl sites for hydroxylation is 1. The summed E-state index contributed by atoms with van der Waals surface area (Å²) in [6.07, 6.45) is -8.07. The molecule has 2 saturated carbocycles. The van der Waals surface area contributed by atoms with Crippen LogP contribution < -0.4 is 5.56 Å². The summed E-state index contributed by atoms with van der Waals surface area (Å²) in [6.45, 7) is 8.88. The fourth-order valence-electron chi connectivity index (χ4n) is 10.1. The highest BCUT2D eigenvalue weighted by molar-refractivity contribution is 5.91. The summed E-state index contributed by atoms with van der Waals surface area (Å²) in [5.74, 6) is -12.5. The lowest BCUT2D eigenvalue weighted by atomic mass is 9.45. The first-order valence-electron chi connectivity index (χ1n) is 21.0. The third-order valence-corrected chi connectivity index (χ3v) is 12.9. The Labute approximate surface area is 377 Å². The monoisotopic (exact) mass is 924 g/mol. The number of pyridine rings is 2. The zero-order chi connectivity index (χ0) is 48.8. The van der Waals surface area contributed by atoms with Gasteiger partial charge in [-0.25, -0.2) is 14.4 Å². The quantitative estimate of drug-likeness (QED) is 0.212. The van der Waals surface area contributed by atoms with Gasteiger partial charge >= 0.3 is 47.8 Å². The van der Waals surface area contributed by atoms with Crippen molar-refractivity contribution in [1.82, 2.24) is 9.55 Å². The molecule has 3 fully saturated rings. The number of nitrogens with zero attached hydrogens (tertiary/aromatic N) is 2. The van der Waals surface area contributed by atoms with Crippen molar-refractivity contribution in [2.24, 2.45) is 24.3 Å². The number of rotatable bonds is 9. The van der Waals surface area contributed by atoms with Crippen LogP contribution in [0.1, 0.15) is 94.6 Å². The number of hydrogen-bond donors (Lipinski definition) is 1. The lowest BCUT2D eigenvalue weighted by molar-refractivity contribution is -0.385. The van der Waals surface area contributed by atoms with Gasteiger partial charge in [-0.2, -0.15) is 0 Å². The largest absolute Gasteiger partial charge is 0.465 e. The Bertz CT molecular complexity index is 2430. The van der Waals surface area contributed by atoms with Gasteiger partial charge in [0.05, 0.1) is 28.7 Å². The third kappa shape index (κ3) is 8.11. The molecular weight excluding hydrogens is 872 g/mol. The number of ether oxygens (including phenoxy) is 9. The molecule has 13 atom stereocenters. The predicted molar refractivity (Wildman–Crippen MR) is 220 cm³/mol. The van der Waals surface area contributed by atoms with Gasteiger partial charge in [-0.1, -0.05) is 19.9 Å². The molecule has 1 saturated heterocycles. The highest BCUT2D eigenvalue weighted by Gasteiger charge is 2.92. The molecule has 21 nitrogen and oxygen atoms in total. The zero-order valence-corrected chi connectivity index (χ0v) is 37.9. The summed E-state index contributed by atoms with van der Waals surface area (Å²) in [4.78, 5) is 128. The van der Waals surface area contributed by atoms with Crippen molar-refractivity contribution in [3.8, 4) is 0 Å². The molecule has 13 unspecified atom stereocenters. The molecule has 1 N–H and O–H groups in total. The van der Waals surface area contributed by atoms with Gasteiger partial charge in [0.25, 0.3) is 0 Å². The highest BCUT2D eigenvalue weighted by Crippen LogP contribution is 2.70. The average molecular weight is 925 g/mol. The van der Waals surface area contributed by atoms with Gasteiger partial charge in [0.1, 0.15) is 42.0 Å². The number of carbonyl (C=O) groups is 8. The van der Waals surface area contributed by atoms with Crippen LogP contribution in [0.4, 0.5) is 0 Å². The zero-order valence-electron chi connectivity index (χ0n) is 37.9. The van der Waals surface area contributed by atoms with Crippen molar-refractivity contribution < 1.29 is 86.1 Å². The van der Waals surface area contributed by atoms with E-state index in [0.29, 0.717) is 0 Å². The van der Waals surface area contributed by atoms with Crippen molar-refractivity contribution in [3.63, 3.8) is 0 Å². The second-order valence-corrected chi connectivity index (χ2v) is 17.3. The number of allylic oxidation sites excluding steroid dienone is 1. The Morgan fingerprint density at radius 2 is 1.48 bits per heavy atom. The first kappa shape index (κ1) is 49.0. The average Bonchev–Trinajstić information content (AvgIpc) is 3.45. The number of aliphatic hydroxyl groups is 1. The van der Waals surface area contributed by atoms with Crippen molar-refractivity contribution in [3.05, 3.63) is 76.0 Å². The number of esters is 8. The molecule has 4 heterocycles. The van der Waals surface area contributed by atoms with E-state index in [0.717, 1.165) is 63.6 Å². The second-order valence-electron chi connectivity index (χ2n) is 17.3. The van der Waals surface area contributed by atoms with Gasteiger partial charge < -0.3 is 52.3 Å². The molecule has 21 heteroatoms. The van der Waals surface area contributed by atoms with Crippen LogP contribution in [0.15, 0.2) is 53.6 Å². The maximum absolute atomic E-state index is 14.8. The van der Waals surface area contributed by atoms with Crippen LogP contribution in [-0.4, -0.2) is 129 Å². The number of carbonyl (C=O) groups excluding carboxylic acids is 8. The van der Waals surface area contributed by atoms with E-state index < -0.39 is 143 Å². The van der Waals surface area contributed by atoms with E-state index in [1.807, 2.05) is 0 Å². The normalized spacial score (nSPS) is 34.7. The molecule has 66 heavy (non-hydrogen) atoms. The maximum Gasteiger partial charge on any atom is 0.340 e. The van der Waals surface area contributed by atoms with Crippen molar-refractivity contribution in [2.75, 3.05) is 13.2 Å². The van der Waals surface area contributed by atoms with Gasteiger partial charge in [0.15, 0.2) is 30.0 Å². The Balaban J connectivity index is 1.82. The van der Waals surface area contributed by atoms with Crippen LogP contribution in [-0.2, 0) is 78.4 Å². The van der Waals surface area contributed by atoms with E-state index in [9.17, 15) is 48.3 Å². The Morgan fingerprint density at radius 1 is 0.848 bits per heavy atom. The van der Waals surface area contributed by atoms with Crippen LogP contribution >= 0.6 is 0 Å².